The summed E-state index contributed by atoms with van der Waals surface area (Å²) >= 11 is 0. The summed E-state index contributed by atoms with van der Waals surface area (Å²) in [6.07, 6.45) is 0. The molecule has 1 heterocycles. The Balaban J connectivity index is 2.52. The zero-order valence-corrected chi connectivity index (χ0v) is 10.0. The number of aliphatic carboxylic acids is 1. The normalized spacial score (nSPS) is 15.0. The Bertz CT molecular complexity index is 460. The second-order valence-corrected chi connectivity index (χ2v) is 3.87. The number of carbonyl (C=O) groups is 1. The van der Waals surface area contributed by atoms with E-state index in [4.69, 9.17) is 19.9 Å². The molecular weight excluding hydrogens is 238 g/mol. The molecule has 1 aliphatic heterocycles. The SMILES string of the molecule is COc1cc2c(c(C(CN)C(=O)O)c1)OCCO2. The van der Waals surface area contributed by atoms with E-state index in [0.717, 1.165) is 0 Å². The monoisotopic (exact) mass is 253 g/mol. The van der Waals surface area contributed by atoms with E-state index in [2.05, 4.69) is 0 Å². The van der Waals surface area contributed by atoms with Gasteiger partial charge in [0.15, 0.2) is 11.5 Å². The summed E-state index contributed by atoms with van der Waals surface area (Å²) in [5.74, 6) is -0.373. The number of hydrogen-bond donors (Lipinski definition) is 2. The van der Waals surface area contributed by atoms with Crippen molar-refractivity contribution in [3.8, 4) is 17.2 Å². The van der Waals surface area contributed by atoms with E-state index < -0.39 is 11.9 Å². The number of carboxylic acid groups (broad SMARTS) is 1. The summed E-state index contributed by atoms with van der Waals surface area (Å²) in [6, 6.07) is 3.30. The molecule has 1 atom stereocenters. The Morgan fingerprint density at radius 1 is 1.50 bits per heavy atom. The summed E-state index contributed by atoms with van der Waals surface area (Å²) in [4.78, 5) is 11.2. The maximum Gasteiger partial charge on any atom is 0.312 e. The van der Waals surface area contributed by atoms with E-state index in [-0.39, 0.29) is 6.54 Å². The summed E-state index contributed by atoms with van der Waals surface area (Å²) in [5, 5.41) is 9.17. The highest BCUT2D eigenvalue weighted by Crippen LogP contribution is 2.41. The van der Waals surface area contributed by atoms with Crippen LogP contribution < -0.4 is 19.9 Å². The lowest BCUT2D eigenvalue weighted by molar-refractivity contribution is -0.138. The van der Waals surface area contributed by atoms with Crippen LogP contribution in [0.25, 0.3) is 0 Å². The maximum absolute atomic E-state index is 11.2. The molecule has 18 heavy (non-hydrogen) atoms. The van der Waals surface area contributed by atoms with Crippen LogP contribution in [-0.2, 0) is 4.79 Å². The molecular formula is C12H15NO5. The van der Waals surface area contributed by atoms with Crippen LogP contribution >= 0.6 is 0 Å². The third-order valence-corrected chi connectivity index (χ3v) is 2.79. The minimum absolute atomic E-state index is 0.0156. The van der Waals surface area contributed by atoms with Crippen LogP contribution in [-0.4, -0.2) is 37.9 Å². The Morgan fingerprint density at radius 2 is 2.22 bits per heavy atom. The van der Waals surface area contributed by atoms with E-state index in [0.29, 0.717) is 36.0 Å². The highest BCUT2D eigenvalue weighted by molar-refractivity contribution is 5.78. The zero-order chi connectivity index (χ0) is 13.1. The molecule has 0 saturated carbocycles. The predicted octanol–water partition coefficient (Wildman–Crippen LogP) is 0.593. The molecule has 98 valence electrons. The standard InChI is InChI=1S/C12H15NO5/c1-16-7-4-8(9(6-13)12(14)15)11-10(5-7)17-2-3-18-11/h4-5,9H,2-3,6,13H2,1H3,(H,14,15). The molecule has 3 N–H and O–H groups in total. The van der Waals surface area contributed by atoms with Crippen molar-refractivity contribution in [2.75, 3.05) is 26.9 Å². The van der Waals surface area contributed by atoms with Gasteiger partial charge < -0.3 is 25.1 Å². The summed E-state index contributed by atoms with van der Waals surface area (Å²) in [6.45, 7) is 0.807. The molecule has 6 heteroatoms. The molecule has 1 aliphatic rings. The first kappa shape index (κ1) is 12.5. The van der Waals surface area contributed by atoms with E-state index in [1.165, 1.54) is 7.11 Å². The second-order valence-electron chi connectivity index (χ2n) is 3.87. The van der Waals surface area contributed by atoms with E-state index in [1.807, 2.05) is 0 Å². The van der Waals surface area contributed by atoms with Crippen molar-refractivity contribution in [1.82, 2.24) is 0 Å². The van der Waals surface area contributed by atoms with Crippen LogP contribution in [0, 0.1) is 0 Å². The van der Waals surface area contributed by atoms with Crippen LogP contribution in [0.15, 0.2) is 12.1 Å². The van der Waals surface area contributed by atoms with Crippen LogP contribution in [0.1, 0.15) is 11.5 Å². The summed E-state index contributed by atoms with van der Waals surface area (Å²) in [7, 11) is 1.51. The van der Waals surface area contributed by atoms with Gasteiger partial charge in [0.25, 0.3) is 0 Å². The fourth-order valence-corrected chi connectivity index (χ4v) is 1.89. The van der Waals surface area contributed by atoms with Gasteiger partial charge in [0.05, 0.1) is 13.0 Å². The predicted molar refractivity (Wildman–Crippen MR) is 63.4 cm³/mol. The quantitative estimate of drug-likeness (QED) is 0.816. The first-order chi connectivity index (χ1) is 8.67. The van der Waals surface area contributed by atoms with Crippen LogP contribution in [0.2, 0.25) is 0 Å². The fourth-order valence-electron chi connectivity index (χ4n) is 1.89. The van der Waals surface area contributed by atoms with Crippen LogP contribution in [0.4, 0.5) is 0 Å². The van der Waals surface area contributed by atoms with Gasteiger partial charge in [-0.15, -0.1) is 0 Å². The third-order valence-electron chi connectivity index (χ3n) is 2.79. The second kappa shape index (κ2) is 5.14. The number of carboxylic acids is 1. The van der Waals surface area contributed by atoms with Gasteiger partial charge >= 0.3 is 5.97 Å². The van der Waals surface area contributed by atoms with Crippen LogP contribution in [0.3, 0.4) is 0 Å². The molecule has 0 aliphatic carbocycles. The third kappa shape index (κ3) is 2.19. The first-order valence-corrected chi connectivity index (χ1v) is 5.57. The molecule has 1 aromatic carbocycles. The van der Waals surface area contributed by atoms with E-state index >= 15 is 0 Å². The minimum Gasteiger partial charge on any atom is -0.497 e. The molecule has 0 spiro atoms. The molecule has 0 fully saturated rings. The van der Waals surface area contributed by atoms with Crippen molar-refractivity contribution < 1.29 is 24.1 Å². The minimum atomic E-state index is -0.998. The molecule has 0 radical (unpaired) electrons. The van der Waals surface area contributed by atoms with E-state index in [9.17, 15) is 9.90 Å². The number of benzene rings is 1. The number of fused-ring (bicyclic) bond motifs is 1. The van der Waals surface area contributed by atoms with Gasteiger partial charge in [0.2, 0.25) is 0 Å². The number of rotatable bonds is 4. The molecule has 1 unspecified atom stereocenters. The lowest BCUT2D eigenvalue weighted by Gasteiger charge is -2.24. The van der Waals surface area contributed by atoms with Gasteiger partial charge in [-0.05, 0) is 6.07 Å². The summed E-state index contributed by atoms with van der Waals surface area (Å²) < 4.78 is 16.1. The smallest absolute Gasteiger partial charge is 0.312 e. The highest BCUT2D eigenvalue weighted by atomic mass is 16.6. The average molecular weight is 253 g/mol. The molecule has 0 amide bonds. The fraction of sp³-hybridized carbons (Fsp3) is 0.417. The topological polar surface area (TPSA) is 91.0 Å². The molecule has 2 rings (SSSR count). The summed E-state index contributed by atoms with van der Waals surface area (Å²) in [5.41, 5.74) is 6.00. The molecule has 0 aromatic heterocycles. The lowest BCUT2D eigenvalue weighted by Crippen LogP contribution is -2.24. The van der Waals surface area contributed by atoms with Crippen molar-refractivity contribution in [1.29, 1.82) is 0 Å². The molecule has 0 bridgehead atoms. The molecule has 1 aromatic rings. The molecule has 6 nitrogen and oxygen atoms in total. The van der Waals surface area contributed by atoms with E-state index in [1.54, 1.807) is 12.1 Å². The Labute approximate surface area is 104 Å². The zero-order valence-electron chi connectivity index (χ0n) is 10.0. The van der Waals surface area contributed by atoms with Crippen molar-refractivity contribution >= 4 is 5.97 Å². The Hall–Kier alpha value is -1.95. The largest absolute Gasteiger partial charge is 0.497 e. The van der Waals surface area contributed by atoms with Crippen molar-refractivity contribution in [2.45, 2.75) is 5.92 Å². The number of ether oxygens (including phenoxy) is 3. The van der Waals surface area contributed by atoms with Gasteiger partial charge in [0.1, 0.15) is 19.0 Å². The molecule has 0 saturated heterocycles. The average Bonchev–Trinajstić information content (AvgIpc) is 2.38. The van der Waals surface area contributed by atoms with Gasteiger partial charge in [-0.2, -0.15) is 0 Å². The number of nitrogens with two attached hydrogens (primary N) is 1. The number of methoxy groups -OCH3 is 1. The van der Waals surface area contributed by atoms with Gasteiger partial charge in [-0.25, -0.2) is 0 Å². The number of hydrogen-bond acceptors (Lipinski definition) is 5. The lowest BCUT2D eigenvalue weighted by atomic mass is 9.97. The van der Waals surface area contributed by atoms with Gasteiger partial charge in [-0.1, -0.05) is 0 Å². The Kier molecular flexibility index (Phi) is 3.57. The van der Waals surface area contributed by atoms with Crippen LogP contribution in [0.5, 0.6) is 17.2 Å². The van der Waals surface area contributed by atoms with Crippen molar-refractivity contribution in [3.05, 3.63) is 17.7 Å². The van der Waals surface area contributed by atoms with Gasteiger partial charge in [-0.3, -0.25) is 4.79 Å². The first-order valence-electron chi connectivity index (χ1n) is 5.57. The van der Waals surface area contributed by atoms with Gasteiger partial charge in [0, 0.05) is 18.2 Å². The maximum atomic E-state index is 11.2. The van der Waals surface area contributed by atoms with Crippen molar-refractivity contribution in [3.63, 3.8) is 0 Å². The highest BCUT2D eigenvalue weighted by Gasteiger charge is 2.27. The van der Waals surface area contributed by atoms with Crippen molar-refractivity contribution in [2.24, 2.45) is 5.73 Å². The Morgan fingerprint density at radius 3 is 2.83 bits per heavy atom.